The molecule has 1 heterocycles. The molecule has 0 saturated carbocycles. The fraction of sp³-hybridized carbons (Fsp3) is 0.579. The molecule has 1 aliphatic rings. The highest BCUT2D eigenvalue weighted by Gasteiger charge is 2.22. The molecule has 1 atom stereocenters. The molecule has 0 aromatic heterocycles. The first-order chi connectivity index (χ1) is 12.9. The van der Waals surface area contributed by atoms with Gasteiger partial charge in [-0.05, 0) is 30.5 Å². The first-order valence-electron chi connectivity index (χ1n) is 9.18. The lowest BCUT2D eigenvalue weighted by Gasteiger charge is -2.35. The molecule has 0 aliphatic carbocycles. The SMILES string of the molecule is CC(C)CC(CNC(=O)CNC(=O)c1ccc(Cl)c(Cl)c1)N1CCOCC1. The van der Waals surface area contributed by atoms with E-state index < -0.39 is 0 Å². The van der Waals surface area contributed by atoms with E-state index in [9.17, 15) is 9.59 Å². The molecule has 2 rings (SSSR count). The van der Waals surface area contributed by atoms with Gasteiger partial charge >= 0.3 is 0 Å². The van der Waals surface area contributed by atoms with Crippen LogP contribution in [-0.2, 0) is 9.53 Å². The van der Waals surface area contributed by atoms with Crippen LogP contribution in [0, 0.1) is 5.92 Å². The number of benzene rings is 1. The molecule has 1 aromatic rings. The van der Waals surface area contributed by atoms with Gasteiger partial charge in [-0.3, -0.25) is 14.5 Å². The standard InChI is InChI=1S/C19H27Cl2N3O3/c1-13(2)9-15(24-5-7-27-8-6-24)11-22-18(25)12-23-19(26)14-3-4-16(20)17(21)10-14/h3-4,10,13,15H,5-9,11-12H2,1-2H3,(H,22,25)(H,23,26). The molecule has 27 heavy (non-hydrogen) atoms. The van der Waals surface area contributed by atoms with Gasteiger partial charge in [-0.25, -0.2) is 0 Å². The molecule has 0 bridgehead atoms. The van der Waals surface area contributed by atoms with Gasteiger partial charge in [-0.15, -0.1) is 0 Å². The van der Waals surface area contributed by atoms with Crippen molar-refractivity contribution >= 4 is 35.0 Å². The predicted octanol–water partition coefficient (Wildman–Crippen LogP) is 2.59. The third-order valence-electron chi connectivity index (χ3n) is 4.43. The summed E-state index contributed by atoms with van der Waals surface area (Å²) in [6.07, 6.45) is 0.996. The maximum absolute atomic E-state index is 12.2. The van der Waals surface area contributed by atoms with Crippen molar-refractivity contribution in [2.24, 2.45) is 5.92 Å². The Morgan fingerprint density at radius 2 is 1.85 bits per heavy atom. The molecule has 6 nitrogen and oxygen atoms in total. The lowest BCUT2D eigenvalue weighted by atomic mass is 10.0. The Bertz CT molecular complexity index is 649. The first-order valence-corrected chi connectivity index (χ1v) is 9.94. The number of halogens is 2. The van der Waals surface area contributed by atoms with Crippen LogP contribution in [0.3, 0.4) is 0 Å². The number of amides is 2. The zero-order valence-electron chi connectivity index (χ0n) is 15.8. The molecular formula is C19H27Cl2N3O3. The topological polar surface area (TPSA) is 70.7 Å². The van der Waals surface area contributed by atoms with Gasteiger partial charge in [0.25, 0.3) is 5.91 Å². The van der Waals surface area contributed by atoms with Crippen molar-refractivity contribution in [3.63, 3.8) is 0 Å². The van der Waals surface area contributed by atoms with Crippen molar-refractivity contribution in [2.45, 2.75) is 26.3 Å². The van der Waals surface area contributed by atoms with Crippen molar-refractivity contribution in [2.75, 3.05) is 39.4 Å². The van der Waals surface area contributed by atoms with Gasteiger partial charge in [0.1, 0.15) is 0 Å². The second-order valence-electron chi connectivity index (χ2n) is 7.05. The summed E-state index contributed by atoms with van der Waals surface area (Å²) in [5.74, 6) is -0.0508. The minimum Gasteiger partial charge on any atom is -0.379 e. The highest BCUT2D eigenvalue weighted by atomic mass is 35.5. The van der Waals surface area contributed by atoms with Crippen molar-refractivity contribution in [3.05, 3.63) is 33.8 Å². The van der Waals surface area contributed by atoms with Crippen LogP contribution in [0.1, 0.15) is 30.6 Å². The molecule has 1 aromatic carbocycles. The monoisotopic (exact) mass is 415 g/mol. The van der Waals surface area contributed by atoms with E-state index in [-0.39, 0.29) is 24.4 Å². The minimum absolute atomic E-state index is 0.0867. The fourth-order valence-corrected chi connectivity index (χ4v) is 3.34. The summed E-state index contributed by atoms with van der Waals surface area (Å²) >= 11 is 11.8. The highest BCUT2D eigenvalue weighted by molar-refractivity contribution is 6.42. The Kier molecular flexibility index (Phi) is 8.83. The molecular weight excluding hydrogens is 389 g/mol. The number of hydrogen-bond acceptors (Lipinski definition) is 4. The third kappa shape index (κ3) is 7.30. The van der Waals surface area contributed by atoms with E-state index in [1.54, 1.807) is 12.1 Å². The number of ether oxygens (including phenoxy) is 1. The lowest BCUT2D eigenvalue weighted by molar-refractivity contribution is -0.120. The Balaban J connectivity index is 1.80. The normalized spacial score (nSPS) is 16.2. The summed E-state index contributed by atoms with van der Waals surface area (Å²) in [7, 11) is 0. The second kappa shape index (κ2) is 10.9. The number of nitrogens with zero attached hydrogens (tertiary/aromatic N) is 1. The van der Waals surface area contributed by atoms with Crippen LogP contribution in [0.25, 0.3) is 0 Å². The quantitative estimate of drug-likeness (QED) is 0.684. The molecule has 0 radical (unpaired) electrons. The smallest absolute Gasteiger partial charge is 0.251 e. The van der Waals surface area contributed by atoms with Crippen molar-refractivity contribution in [1.29, 1.82) is 0 Å². The fourth-order valence-electron chi connectivity index (χ4n) is 3.04. The molecule has 150 valence electrons. The maximum atomic E-state index is 12.2. The van der Waals surface area contributed by atoms with Crippen LogP contribution in [0.5, 0.6) is 0 Å². The summed E-state index contributed by atoms with van der Waals surface area (Å²) in [5, 5.41) is 6.21. The number of carbonyl (C=O) groups is 2. The maximum Gasteiger partial charge on any atom is 0.251 e. The van der Waals surface area contributed by atoms with E-state index in [1.165, 1.54) is 6.07 Å². The van der Waals surface area contributed by atoms with Crippen LogP contribution in [-0.4, -0.2) is 62.1 Å². The van der Waals surface area contributed by atoms with Crippen molar-refractivity contribution < 1.29 is 14.3 Å². The van der Waals surface area contributed by atoms with E-state index in [2.05, 4.69) is 29.4 Å². The van der Waals surface area contributed by atoms with Crippen molar-refractivity contribution in [3.8, 4) is 0 Å². The Hall–Kier alpha value is -1.34. The lowest BCUT2D eigenvalue weighted by Crippen LogP contribution is -2.50. The molecule has 1 fully saturated rings. The molecule has 1 saturated heterocycles. The number of rotatable bonds is 8. The van der Waals surface area contributed by atoms with E-state index >= 15 is 0 Å². The molecule has 0 spiro atoms. The van der Waals surface area contributed by atoms with Crippen molar-refractivity contribution in [1.82, 2.24) is 15.5 Å². The van der Waals surface area contributed by atoms with Gasteiger partial charge in [0.05, 0.1) is 29.8 Å². The van der Waals surface area contributed by atoms with Crippen LogP contribution >= 0.6 is 23.2 Å². The Morgan fingerprint density at radius 1 is 1.15 bits per heavy atom. The van der Waals surface area contributed by atoms with Gasteiger partial charge in [-0.2, -0.15) is 0 Å². The van der Waals surface area contributed by atoms with Crippen LogP contribution < -0.4 is 10.6 Å². The number of carbonyl (C=O) groups excluding carboxylic acids is 2. The Morgan fingerprint density at radius 3 is 2.48 bits per heavy atom. The van der Waals surface area contributed by atoms with Crippen LogP contribution in [0.15, 0.2) is 18.2 Å². The highest BCUT2D eigenvalue weighted by Crippen LogP contribution is 2.22. The average molecular weight is 416 g/mol. The molecule has 1 unspecified atom stereocenters. The van der Waals surface area contributed by atoms with E-state index in [0.29, 0.717) is 28.1 Å². The zero-order chi connectivity index (χ0) is 19.8. The zero-order valence-corrected chi connectivity index (χ0v) is 17.3. The van der Waals surface area contributed by atoms with Gasteiger partial charge in [0, 0.05) is 31.2 Å². The predicted molar refractivity (Wildman–Crippen MR) is 107 cm³/mol. The molecule has 2 amide bonds. The average Bonchev–Trinajstić information content (AvgIpc) is 2.65. The van der Waals surface area contributed by atoms with Crippen LogP contribution in [0.4, 0.5) is 0 Å². The van der Waals surface area contributed by atoms with Crippen LogP contribution in [0.2, 0.25) is 10.0 Å². The number of hydrogen-bond donors (Lipinski definition) is 2. The van der Waals surface area contributed by atoms with Gasteiger partial charge in [0.2, 0.25) is 5.91 Å². The molecule has 1 aliphatic heterocycles. The Labute approximate surface area is 170 Å². The largest absolute Gasteiger partial charge is 0.379 e. The molecule has 8 heteroatoms. The third-order valence-corrected chi connectivity index (χ3v) is 5.17. The minimum atomic E-state index is -0.365. The summed E-state index contributed by atoms with van der Waals surface area (Å²) < 4.78 is 5.41. The van der Waals surface area contributed by atoms with E-state index in [1.807, 2.05) is 0 Å². The summed E-state index contributed by atoms with van der Waals surface area (Å²) in [6.45, 7) is 8.02. The number of morpholine rings is 1. The van der Waals surface area contributed by atoms with E-state index in [4.69, 9.17) is 27.9 Å². The summed E-state index contributed by atoms with van der Waals surface area (Å²) in [5.41, 5.74) is 0.364. The second-order valence-corrected chi connectivity index (χ2v) is 7.86. The van der Waals surface area contributed by atoms with E-state index in [0.717, 1.165) is 32.7 Å². The summed E-state index contributed by atoms with van der Waals surface area (Å²) in [4.78, 5) is 26.6. The first kappa shape index (κ1) is 22.0. The molecule has 2 N–H and O–H groups in total. The summed E-state index contributed by atoms with van der Waals surface area (Å²) in [6, 6.07) is 4.87. The number of nitrogens with one attached hydrogen (secondary N) is 2. The van der Waals surface area contributed by atoms with Gasteiger partial charge in [0.15, 0.2) is 0 Å². The van der Waals surface area contributed by atoms with Gasteiger partial charge in [-0.1, -0.05) is 37.0 Å². The van der Waals surface area contributed by atoms with Gasteiger partial charge < -0.3 is 15.4 Å².